The second-order valence-electron chi connectivity index (χ2n) is 7.28. The van der Waals surface area contributed by atoms with Crippen LogP contribution >= 0.6 is 11.6 Å². The van der Waals surface area contributed by atoms with Crippen LogP contribution in [0.3, 0.4) is 0 Å². The lowest BCUT2D eigenvalue weighted by atomic mass is 10.1. The highest BCUT2D eigenvalue weighted by atomic mass is 35.5. The van der Waals surface area contributed by atoms with Crippen molar-refractivity contribution in [2.24, 2.45) is 11.0 Å². The van der Waals surface area contributed by atoms with Gasteiger partial charge < -0.3 is 9.47 Å². The Balaban J connectivity index is 1.82. The Hall–Kier alpha value is -2.79. The van der Waals surface area contributed by atoms with Gasteiger partial charge in [0.1, 0.15) is 0 Å². The number of halogens is 1. The molecule has 0 unspecified atom stereocenters. The zero-order chi connectivity index (χ0) is 21.0. The molecule has 0 atom stereocenters. The van der Waals surface area contributed by atoms with Gasteiger partial charge in [-0.15, -0.1) is 0 Å². The van der Waals surface area contributed by atoms with Gasteiger partial charge in [0.05, 0.1) is 30.7 Å². The number of rotatable bonds is 7. The Bertz CT molecular complexity index is 966. The molecule has 1 heterocycles. The maximum absolute atomic E-state index is 12.9. The average molecular weight is 413 g/mol. The zero-order valence-electron chi connectivity index (χ0n) is 17.1. The standard InChI is InChI=1S/C23H25ClN2O3/c1-15(2)10-11-29-21-9-8-17(13-22(21)28-4)12-20-16(3)25-26(23(20)27)19-7-5-6-18(24)14-19/h5-9,12-15H,10-11H2,1-4H3/b20-12+. The van der Waals surface area contributed by atoms with E-state index in [2.05, 4.69) is 18.9 Å². The fourth-order valence-corrected chi connectivity index (χ4v) is 3.12. The molecule has 0 saturated heterocycles. The summed E-state index contributed by atoms with van der Waals surface area (Å²) >= 11 is 6.05. The molecular formula is C23H25ClN2O3. The molecule has 2 aromatic carbocycles. The monoisotopic (exact) mass is 412 g/mol. The van der Waals surface area contributed by atoms with E-state index in [1.807, 2.05) is 31.2 Å². The van der Waals surface area contributed by atoms with Crippen LogP contribution in [-0.2, 0) is 4.79 Å². The van der Waals surface area contributed by atoms with Crippen LogP contribution in [-0.4, -0.2) is 25.3 Å². The first kappa shape index (κ1) is 20.9. The number of ether oxygens (including phenoxy) is 2. The van der Waals surface area contributed by atoms with Crippen LogP contribution in [0.5, 0.6) is 11.5 Å². The number of methoxy groups -OCH3 is 1. The van der Waals surface area contributed by atoms with E-state index in [1.54, 1.807) is 31.4 Å². The van der Waals surface area contributed by atoms with Crippen molar-refractivity contribution >= 4 is 35.0 Å². The first-order valence-electron chi connectivity index (χ1n) is 9.57. The highest BCUT2D eigenvalue weighted by Gasteiger charge is 2.28. The average Bonchev–Trinajstić information content (AvgIpc) is 2.97. The van der Waals surface area contributed by atoms with Gasteiger partial charge >= 0.3 is 0 Å². The number of carbonyl (C=O) groups is 1. The Morgan fingerprint density at radius 3 is 2.66 bits per heavy atom. The SMILES string of the molecule is COc1cc(/C=C2/C(=O)N(c3cccc(Cl)c3)N=C2C)ccc1OCCC(C)C. The van der Waals surface area contributed by atoms with Crippen LogP contribution in [0.15, 0.2) is 53.1 Å². The Morgan fingerprint density at radius 1 is 1.17 bits per heavy atom. The number of hydrogen-bond acceptors (Lipinski definition) is 4. The molecule has 0 fully saturated rings. The van der Waals surface area contributed by atoms with Crippen molar-refractivity contribution in [3.8, 4) is 11.5 Å². The molecular weight excluding hydrogens is 388 g/mol. The minimum absolute atomic E-state index is 0.194. The van der Waals surface area contributed by atoms with Gasteiger partial charge in [0.15, 0.2) is 11.5 Å². The molecule has 2 aromatic rings. The molecule has 3 rings (SSSR count). The van der Waals surface area contributed by atoms with E-state index < -0.39 is 0 Å². The lowest BCUT2D eigenvalue weighted by molar-refractivity contribution is -0.114. The minimum Gasteiger partial charge on any atom is -0.493 e. The second-order valence-corrected chi connectivity index (χ2v) is 7.72. The molecule has 1 aliphatic heterocycles. The molecule has 5 nitrogen and oxygen atoms in total. The normalized spacial score (nSPS) is 15.2. The number of benzene rings is 2. The topological polar surface area (TPSA) is 51.1 Å². The van der Waals surface area contributed by atoms with E-state index in [9.17, 15) is 4.79 Å². The predicted molar refractivity (Wildman–Crippen MR) is 118 cm³/mol. The van der Waals surface area contributed by atoms with E-state index in [1.165, 1.54) is 5.01 Å². The Morgan fingerprint density at radius 2 is 1.97 bits per heavy atom. The van der Waals surface area contributed by atoms with Crippen LogP contribution in [0.1, 0.15) is 32.8 Å². The molecule has 1 amide bonds. The zero-order valence-corrected chi connectivity index (χ0v) is 17.9. The Kier molecular flexibility index (Phi) is 6.60. The summed E-state index contributed by atoms with van der Waals surface area (Å²) in [6.07, 6.45) is 2.78. The van der Waals surface area contributed by atoms with Gasteiger partial charge in [-0.3, -0.25) is 4.79 Å². The molecule has 0 radical (unpaired) electrons. The third-order valence-electron chi connectivity index (χ3n) is 4.57. The predicted octanol–water partition coefficient (Wildman–Crippen LogP) is 5.58. The van der Waals surface area contributed by atoms with E-state index in [0.29, 0.717) is 46.0 Å². The van der Waals surface area contributed by atoms with Crippen molar-refractivity contribution in [2.75, 3.05) is 18.7 Å². The summed E-state index contributed by atoms with van der Waals surface area (Å²) < 4.78 is 11.3. The molecule has 0 bridgehead atoms. The minimum atomic E-state index is -0.194. The van der Waals surface area contributed by atoms with Crippen LogP contribution in [0, 0.1) is 5.92 Å². The van der Waals surface area contributed by atoms with Gasteiger partial charge in [-0.1, -0.05) is 37.6 Å². The maximum Gasteiger partial charge on any atom is 0.280 e. The lowest BCUT2D eigenvalue weighted by Gasteiger charge is -2.13. The number of anilines is 1. The number of hydrogen-bond donors (Lipinski definition) is 0. The number of carbonyl (C=O) groups excluding carboxylic acids is 1. The highest BCUT2D eigenvalue weighted by molar-refractivity contribution is 6.33. The van der Waals surface area contributed by atoms with Crippen molar-refractivity contribution in [3.63, 3.8) is 0 Å². The van der Waals surface area contributed by atoms with Crippen molar-refractivity contribution < 1.29 is 14.3 Å². The molecule has 0 spiro atoms. The van der Waals surface area contributed by atoms with Gasteiger partial charge in [-0.25, -0.2) is 0 Å². The molecule has 0 aliphatic carbocycles. The fourth-order valence-electron chi connectivity index (χ4n) is 2.93. The summed E-state index contributed by atoms with van der Waals surface area (Å²) in [6, 6.07) is 12.7. The van der Waals surface area contributed by atoms with Crippen LogP contribution < -0.4 is 14.5 Å². The van der Waals surface area contributed by atoms with Gasteiger partial charge in [0.25, 0.3) is 5.91 Å². The highest BCUT2D eigenvalue weighted by Crippen LogP contribution is 2.31. The van der Waals surface area contributed by atoms with Crippen LogP contribution in [0.4, 0.5) is 5.69 Å². The molecule has 0 aromatic heterocycles. The van der Waals surface area contributed by atoms with Crippen LogP contribution in [0.2, 0.25) is 5.02 Å². The molecule has 152 valence electrons. The Labute approximate surface area is 176 Å². The van der Waals surface area contributed by atoms with Gasteiger partial charge in [0.2, 0.25) is 0 Å². The first-order chi connectivity index (χ1) is 13.9. The van der Waals surface area contributed by atoms with Crippen molar-refractivity contribution in [1.29, 1.82) is 0 Å². The first-order valence-corrected chi connectivity index (χ1v) is 9.95. The third-order valence-corrected chi connectivity index (χ3v) is 4.80. The molecule has 6 heteroatoms. The summed E-state index contributed by atoms with van der Waals surface area (Å²) in [5.41, 5.74) is 2.65. The van der Waals surface area contributed by atoms with E-state index in [4.69, 9.17) is 21.1 Å². The van der Waals surface area contributed by atoms with Crippen LogP contribution in [0.25, 0.3) is 6.08 Å². The number of amides is 1. The van der Waals surface area contributed by atoms with E-state index in [0.717, 1.165) is 12.0 Å². The van der Waals surface area contributed by atoms with E-state index >= 15 is 0 Å². The number of hydrazone groups is 1. The quantitative estimate of drug-likeness (QED) is 0.558. The summed E-state index contributed by atoms with van der Waals surface area (Å²) in [5.74, 6) is 1.71. The van der Waals surface area contributed by atoms with Gasteiger partial charge in [0, 0.05) is 5.02 Å². The number of nitrogens with zero attached hydrogens (tertiary/aromatic N) is 2. The van der Waals surface area contributed by atoms with Crippen molar-refractivity contribution in [2.45, 2.75) is 27.2 Å². The molecule has 0 N–H and O–H groups in total. The van der Waals surface area contributed by atoms with Crippen molar-refractivity contribution in [1.82, 2.24) is 0 Å². The van der Waals surface area contributed by atoms with Crippen molar-refractivity contribution in [3.05, 3.63) is 58.6 Å². The third kappa shape index (κ3) is 4.98. The summed E-state index contributed by atoms with van der Waals surface area (Å²) in [6.45, 7) is 6.76. The fraction of sp³-hybridized carbons (Fsp3) is 0.304. The van der Waals surface area contributed by atoms with E-state index in [-0.39, 0.29) is 5.91 Å². The summed E-state index contributed by atoms with van der Waals surface area (Å²) in [7, 11) is 1.61. The summed E-state index contributed by atoms with van der Waals surface area (Å²) in [5, 5.41) is 6.32. The summed E-state index contributed by atoms with van der Waals surface area (Å²) in [4.78, 5) is 12.9. The second kappa shape index (κ2) is 9.14. The van der Waals surface area contributed by atoms with Gasteiger partial charge in [-0.2, -0.15) is 10.1 Å². The largest absolute Gasteiger partial charge is 0.493 e. The molecule has 0 saturated carbocycles. The molecule has 1 aliphatic rings. The lowest BCUT2D eigenvalue weighted by Crippen LogP contribution is -2.21. The smallest absolute Gasteiger partial charge is 0.280 e. The molecule has 29 heavy (non-hydrogen) atoms. The van der Waals surface area contributed by atoms with Gasteiger partial charge in [-0.05, 0) is 61.2 Å². The maximum atomic E-state index is 12.9.